The first-order valence-corrected chi connectivity index (χ1v) is 12.4. The van der Waals surface area contributed by atoms with E-state index in [1.54, 1.807) is 19.3 Å². The summed E-state index contributed by atoms with van der Waals surface area (Å²) < 4.78 is 30.4. The van der Waals surface area contributed by atoms with Crippen molar-refractivity contribution in [3.8, 4) is 11.3 Å². The van der Waals surface area contributed by atoms with E-state index < -0.39 is 11.6 Å². The van der Waals surface area contributed by atoms with Crippen LogP contribution >= 0.6 is 0 Å². The number of aliphatic imine (C=N–C) groups is 1. The Morgan fingerprint density at radius 1 is 1.22 bits per heavy atom. The van der Waals surface area contributed by atoms with Gasteiger partial charge in [-0.15, -0.1) is 0 Å². The summed E-state index contributed by atoms with van der Waals surface area (Å²) in [6.45, 7) is 8.19. The molecule has 1 unspecified atom stereocenters. The molecule has 37 heavy (non-hydrogen) atoms. The van der Waals surface area contributed by atoms with Crippen molar-refractivity contribution in [1.82, 2.24) is 19.8 Å². The van der Waals surface area contributed by atoms with Gasteiger partial charge >= 0.3 is 0 Å². The van der Waals surface area contributed by atoms with Gasteiger partial charge < -0.3 is 9.80 Å². The molecule has 2 aromatic heterocycles. The fraction of sp³-hybridized carbons (Fsp3) is 0.357. The number of benzene rings is 1. The predicted molar refractivity (Wildman–Crippen MR) is 142 cm³/mol. The number of nitrogens with zero attached hydrogens (tertiary/aromatic N) is 6. The van der Waals surface area contributed by atoms with Crippen molar-refractivity contribution in [3.05, 3.63) is 71.1 Å². The molecule has 0 saturated carbocycles. The maximum absolute atomic E-state index is 15.7. The molecule has 9 heteroatoms. The van der Waals surface area contributed by atoms with Crippen LogP contribution in [0.5, 0.6) is 0 Å². The van der Waals surface area contributed by atoms with Gasteiger partial charge in [0.15, 0.2) is 5.82 Å². The molecule has 7 nitrogen and oxygen atoms in total. The standard InChI is InChI=1S/C28H32F2N6O/c1-6-24-26(18(2)11-12-32-24)36(17-37)28-21(27(31-4)35-14-13-34(5)16-19(35)3)15-23(30)25(33-28)20-9-7-8-10-22(20)29/h7-12,15,17,19H,6,13-14,16H2,1-5H3/b31-27+. The van der Waals surface area contributed by atoms with E-state index in [0.29, 0.717) is 42.2 Å². The van der Waals surface area contributed by atoms with Crippen LogP contribution in [0.1, 0.15) is 30.7 Å². The molecular weight excluding hydrogens is 474 g/mol. The molecule has 0 N–H and O–H groups in total. The van der Waals surface area contributed by atoms with Crippen molar-refractivity contribution in [3.63, 3.8) is 0 Å². The summed E-state index contributed by atoms with van der Waals surface area (Å²) in [4.78, 5) is 32.0. The van der Waals surface area contributed by atoms with E-state index in [1.807, 2.05) is 19.9 Å². The number of amidine groups is 1. The van der Waals surface area contributed by atoms with Crippen LogP contribution in [0.4, 0.5) is 20.3 Å². The summed E-state index contributed by atoms with van der Waals surface area (Å²) in [5, 5.41) is 0. The minimum atomic E-state index is -0.698. The molecule has 1 aliphatic rings. The summed E-state index contributed by atoms with van der Waals surface area (Å²) in [5.74, 6) is -0.605. The van der Waals surface area contributed by atoms with Gasteiger partial charge in [-0.25, -0.2) is 13.8 Å². The number of piperazine rings is 1. The number of aromatic nitrogens is 2. The SMILES string of the molecule is CCc1nccc(C)c1N(C=O)c1nc(-c2ccccc2F)c(F)cc1/C(=N\C)N1CCN(C)CC1C. The molecule has 0 spiro atoms. The van der Waals surface area contributed by atoms with E-state index in [-0.39, 0.29) is 23.1 Å². The summed E-state index contributed by atoms with van der Waals surface area (Å²) in [6.07, 6.45) is 2.91. The molecule has 1 fully saturated rings. The highest BCUT2D eigenvalue weighted by Crippen LogP contribution is 2.35. The summed E-state index contributed by atoms with van der Waals surface area (Å²) in [6, 6.07) is 9.10. The highest BCUT2D eigenvalue weighted by molar-refractivity contribution is 6.06. The second-order valence-electron chi connectivity index (χ2n) is 9.27. The fourth-order valence-electron chi connectivity index (χ4n) is 4.93. The Morgan fingerprint density at radius 2 is 1.97 bits per heavy atom. The molecule has 3 heterocycles. The smallest absolute Gasteiger partial charge is 0.219 e. The zero-order chi connectivity index (χ0) is 26.7. The molecule has 1 atom stereocenters. The summed E-state index contributed by atoms with van der Waals surface area (Å²) in [5.41, 5.74) is 2.27. The second kappa shape index (κ2) is 11.1. The topological polar surface area (TPSA) is 64.9 Å². The Bertz CT molecular complexity index is 1330. The van der Waals surface area contributed by atoms with E-state index >= 15 is 4.39 Å². The largest absolute Gasteiger partial charge is 0.351 e. The molecule has 0 bridgehead atoms. The number of carbonyl (C=O) groups excluding carboxylic acids is 1. The Hall–Kier alpha value is -3.72. The predicted octanol–water partition coefficient (Wildman–Crippen LogP) is 4.60. The lowest BCUT2D eigenvalue weighted by atomic mass is 10.0. The molecule has 0 aliphatic carbocycles. The van der Waals surface area contributed by atoms with Crippen molar-refractivity contribution in [2.75, 3.05) is 38.6 Å². The molecule has 0 radical (unpaired) electrons. The number of halogens is 2. The zero-order valence-electron chi connectivity index (χ0n) is 21.9. The Balaban J connectivity index is 1.99. The first-order chi connectivity index (χ1) is 17.8. The van der Waals surface area contributed by atoms with Gasteiger partial charge in [-0.2, -0.15) is 0 Å². The maximum atomic E-state index is 15.7. The lowest BCUT2D eigenvalue weighted by molar-refractivity contribution is -0.106. The number of anilines is 2. The Morgan fingerprint density at radius 3 is 2.62 bits per heavy atom. The molecule has 194 valence electrons. The molecule has 1 saturated heterocycles. The average Bonchev–Trinajstić information content (AvgIpc) is 2.88. The van der Waals surface area contributed by atoms with Crippen LogP contribution in [0, 0.1) is 18.6 Å². The van der Waals surface area contributed by atoms with Gasteiger partial charge in [0.2, 0.25) is 6.41 Å². The van der Waals surface area contributed by atoms with Crippen molar-refractivity contribution < 1.29 is 13.6 Å². The zero-order valence-corrected chi connectivity index (χ0v) is 21.9. The third-order valence-electron chi connectivity index (χ3n) is 6.75. The first kappa shape index (κ1) is 26.3. The number of hydrogen-bond acceptors (Lipinski definition) is 5. The Kier molecular flexibility index (Phi) is 7.92. The van der Waals surface area contributed by atoms with Crippen molar-refractivity contribution >= 4 is 23.8 Å². The van der Waals surface area contributed by atoms with Gasteiger partial charge in [-0.05, 0) is 57.1 Å². The molecule has 1 amide bonds. The third kappa shape index (κ3) is 5.09. The summed E-state index contributed by atoms with van der Waals surface area (Å²) >= 11 is 0. The minimum Gasteiger partial charge on any atom is -0.351 e. The molecule has 1 aromatic carbocycles. The average molecular weight is 507 g/mol. The maximum Gasteiger partial charge on any atom is 0.219 e. The molecule has 3 aromatic rings. The van der Waals surface area contributed by atoms with E-state index in [9.17, 15) is 9.18 Å². The lowest BCUT2D eigenvalue weighted by Crippen LogP contribution is -2.53. The van der Waals surface area contributed by atoms with Crippen LogP contribution in [0.15, 0.2) is 47.6 Å². The third-order valence-corrected chi connectivity index (χ3v) is 6.75. The van der Waals surface area contributed by atoms with Gasteiger partial charge in [0.25, 0.3) is 0 Å². The van der Waals surface area contributed by atoms with E-state index in [2.05, 4.69) is 38.7 Å². The number of amides is 1. The van der Waals surface area contributed by atoms with Crippen molar-refractivity contribution in [1.29, 1.82) is 0 Å². The monoisotopic (exact) mass is 506 g/mol. The highest BCUT2D eigenvalue weighted by Gasteiger charge is 2.31. The van der Waals surface area contributed by atoms with Crippen molar-refractivity contribution in [2.45, 2.75) is 33.2 Å². The van der Waals surface area contributed by atoms with E-state index in [4.69, 9.17) is 0 Å². The molecule has 4 rings (SSSR count). The first-order valence-electron chi connectivity index (χ1n) is 12.4. The van der Waals surface area contributed by atoms with Gasteiger partial charge in [0, 0.05) is 44.5 Å². The van der Waals surface area contributed by atoms with Gasteiger partial charge in [-0.3, -0.25) is 19.7 Å². The number of hydrogen-bond donors (Lipinski definition) is 0. The number of pyridine rings is 2. The lowest BCUT2D eigenvalue weighted by Gasteiger charge is -2.40. The van der Waals surface area contributed by atoms with Crippen LogP contribution in [0.25, 0.3) is 11.3 Å². The van der Waals surface area contributed by atoms with Gasteiger partial charge in [0.1, 0.15) is 23.2 Å². The number of carbonyl (C=O) groups is 1. The summed E-state index contributed by atoms with van der Waals surface area (Å²) in [7, 11) is 3.70. The van der Waals surface area contributed by atoms with Crippen LogP contribution in [0.2, 0.25) is 0 Å². The number of rotatable bonds is 6. The normalized spacial score (nSPS) is 16.7. The van der Waals surface area contributed by atoms with Crippen molar-refractivity contribution in [2.24, 2.45) is 4.99 Å². The van der Waals surface area contributed by atoms with E-state index in [0.717, 1.165) is 18.7 Å². The Labute approximate surface area is 216 Å². The number of likely N-dealkylation sites (N-methyl/N-ethyl adjacent to an activating group) is 1. The minimum absolute atomic E-state index is 0.0141. The second-order valence-corrected chi connectivity index (χ2v) is 9.27. The van der Waals surface area contributed by atoms with Crippen LogP contribution < -0.4 is 4.90 Å². The van der Waals surface area contributed by atoms with Gasteiger partial charge in [0.05, 0.1) is 16.9 Å². The molecular formula is C28H32F2N6O. The highest BCUT2D eigenvalue weighted by atomic mass is 19.1. The molecule has 1 aliphatic heterocycles. The quantitative estimate of drug-likeness (QED) is 0.278. The number of aryl methyl sites for hydroxylation is 2. The van der Waals surface area contributed by atoms with Crippen LogP contribution in [-0.4, -0.2) is 71.8 Å². The van der Waals surface area contributed by atoms with Gasteiger partial charge in [-0.1, -0.05) is 19.1 Å². The fourth-order valence-corrected chi connectivity index (χ4v) is 4.93. The van der Waals surface area contributed by atoms with Crippen LogP contribution in [0.3, 0.4) is 0 Å². The van der Waals surface area contributed by atoms with Crippen LogP contribution in [-0.2, 0) is 11.2 Å². The van der Waals surface area contributed by atoms with E-state index in [1.165, 1.54) is 29.2 Å².